The largest absolute Gasteiger partial charge is 0.494 e. The van der Waals surface area contributed by atoms with Gasteiger partial charge in [0.15, 0.2) is 0 Å². The fraction of sp³-hybridized carbons (Fsp3) is 0.565. The number of carbonyl (C=O) groups is 4. The molecule has 10 nitrogen and oxygen atoms in total. The second-order valence-electron chi connectivity index (χ2n) is 14.4. The van der Waals surface area contributed by atoms with Crippen LogP contribution in [0.1, 0.15) is 139 Å². The van der Waals surface area contributed by atoms with Gasteiger partial charge in [-0.3, -0.25) is 4.79 Å². The van der Waals surface area contributed by atoms with Gasteiger partial charge in [0.25, 0.3) is 0 Å². The molecule has 1 aliphatic carbocycles. The van der Waals surface area contributed by atoms with Crippen LogP contribution in [0.3, 0.4) is 0 Å². The molecule has 0 amide bonds. The lowest BCUT2D eigenvalue weighted by atomic mass is 9.87. The van der Waals surface area contributed by atoms with Crippen LogP contribution < -0.4 is 14.2 Å². The van der Waals surface area contributed by atoms with E-state index < -0.39 is 5.97 Å². The molecule has 0 bridgehead atoms. The maximum absolute atomic E-state index is 12.8. The molecule has 1 saturated carbocycles. The standard InChI is InChI=1S/C46H64O10/c1-3-43(47)53-35-19-15-11-7-5-9-13-17-33-51-39-25-21-37(22-26-39)45(49)55-41-29-31-42(32-30-41)56-46(50)38-23-27-40(28-24-38)52-34-18-14-10-6-8-12-16-20-36-54-44(48)4-2/h3-4,21-22,25-26,29-32,38,40H,1-2,5-20,23-24,27-28,33-36H2. The van der Waals surface area contributed by atoms with Crippen LogP contribution in [0.5, 0.6) is 17.2 Å². The van der Waals surface area contributed by atoms with Gasteiger partial charge in [0.2, 0.25) is 0 Å². The first-order valence-electron chi connectivity index (χ1n) is 20.8. The summed E-state index contributed by atoms with van der Waals surface area (Å²) in [7, 11) is 0. The molecule has 0 aliphatic heterocycles. The van der Waals surface area contributed by atoms with Crippen molar-refractivity contribution < 1.29 is 47.6 Å². The zero-order valence-corrected chi connectivity index (χ0v) is 33.4. The summed E-state index contributed by atoms with van der Waals surface area (Å²) in [6.07, 6.45) is 23.4. The third-order valence-electron chi connectivity index (χ3n) is 9.87. The van der Waals surface area contributed by atoms with Crippen molar-refractivity contribution in [3.05, 3.63) is 79.4 Å². The smallest absolute Gasteiger partial charge is 0.343 e. The van der Waals surface area contributed by atoms with Gasteiger partial charge in [0.1, 0.15) is 17.2 Å². The van der Waals surface area contributed by atoms with Gasteiger partial charge < -0.3 is 28.4 Å². The Kier molecular flexibility index (Phi) is 23.7. The highest BCUT2D eigenvalue weighted by Gasteiger charge is 2.28. The second kappa shape index (κ2) is 28.9. The van der Waals surface area contributed by atoms with Crippen molar-refractivity contribution in [1.82, 2.24) is 0 Å². The van der Waals surface area contributed by atoms with Crippen LogP contribution in [0.4, 0.5) is 0 Å². The summed E-state index contributed by atoms with van der Waals surface area (Å²) in [5.41, 5.74) is 0.414. The monoisotopic (exact) mass is 776 g/mol. The van der Waals surface area contributed by atoms with E-state index in [1.165, 1.54) is 44.3 Å². The fourth-order valence-electron chi connectivity index (χ4n) is 6.53. The van der Waals surface area contributed by atoms with E-state index in [1.807, 2.05) is 0 Å². The van der Waals surface area contributed by atoms with Gasteiger partial charge in [0, 0.05) is 18.8 Å². The fourth-order valence-corrected chi connectivity index (χ4v) is 6.53. The molecule has 3 rings (SSSR count). The highest BCUT2D eigenvalue weighted by Crippen LogP contribution is 2.29. The normalized spacial score (nSPS) is 15.0. The third kappa shape index (κ3) is 20.5. The maximum Gasteiger partial charge on any atom is 0.343 e. The predicted molar refractivity (Wildman–Crippen MR) is 217 cm³/mol. The predicted octanol–water partition coefficient (Wildman–Crippen LogP) is 10.5. The average molecular weight is 777 g/mol. The number of unbranched alkanes of at least 4 members (excludes halogenated alkanes) is 14. The Balaban J connectivity index is 1.18. The lowest BCUT2D eigenvalue weighted by Crippen LogP contribution is -2.29. The Labute approximate surface area is 334 Å². The first kappa shape index (κ1) is 45.9. The quantitative estimate of drug-likeness (QED) is 0.0328. The minimum Gasteiger partial charge on any atom is -0.494 e. The molecule has 0 aromatic heterocycles. The molecule has 0 spiro atoms. The number of carbonyl (C=O) groups excluding carboxylic acids is 4. The van der Waals surface area contributed by atoms with E-state index in [2.05, 4.69) is 13.2 Å². The summed E-state index contributed by atoms with van der Waals surface area (Å²) in [5, 5.41) is 0. The first-order chi connectivity index (χ1) is 27.4. The number of ether oxygens (including phenoxy) is 6. The van der Waals surface area contributed by atoms with E-state index in [-0.39, 0.29) is 29.9 Å². The second-order valence-corrected chi connectivity index (χ2v) is 14.4. The summed E-state index contributed by atoms with van der Waals surface area (Å²) in [5.74, 6) is -0.0792. The van der Waals surface area contributed by atoms with Crippen molar-refractivity contribution in [2.24, 2.45) is 5.92 Å². The zero-order chi connectivity index (χ0) is 40.1. The topological polar surface area (TPSA) is 124 Å². The van der Waals surface area contributed by atoms with Crippen molar-refractivity contribution in [3.8, 4) is 17.2 Å². The van der Waals surface area contributed by atoms with Crippen LogP contribution in [0, 0.1) is 5.92 Å². The van der Waals surface area contributed by atoms with Gasteiger partial charge in [-0.1, -0.05) is 90.2 Å². The van der Waals surface area contributed by atoms with E-state index in [0.717, 1.165) is 103 Å². The molecule has 308 valence electrons. The summed E-state index contributed by atoms with van der Waals surface area (Å²) >= 11 is 0. The van der Waals surface area contributed by atoms with Crippen molar-refractivity contribution in [2.45, 2.75) is 135 Å². The molecule has 1 aliphatic rings. The molecular weight excluding hydrogens is 712 g/mol. The summed E-state index contributed by atoms with van der Waals surface area (Å²) in [4.78, 5) is 47.6. The Morgan fingerprint density at radius 2 is 0.911 bits per heavy atom. The Hall–Kier alpha value is -4.44. The third-order valence-corrected chi connectivity index (χ3v) is 9.87. The van der Waals surface area contributed by atoms with E-state index in [0.29, 0.717) is 42.6 Å². The lowest BCUT2D eigenvalue weighted by molar-refractivity contribution is -0.141. The van der Waals surface area contributed by atoms with Crippen molar-refractivity contribution in [2.75, 3.05) is 26.4 Å². The molecule has 10 heteroatoms. The number of benzene rings is 2. The molecule has 56 heavy (non-hydrogen) atoms. The summed E-state index contributed by atoms with van der Waals surface area (Å²) in [6, 6.07) is 13.5. The average Bonchev–Trinajstić information content (AvgIpc) is 3.22. The number of rotatable bonds is 30. The summed E-state index contributed by atoms with van der Waals surface area (Å²) in [6.45, 7) is 9.09. The van der Waals surface area contributed by atoms with E-state index in [4.69, 9.17) is 28.4 Å². The molecule has 1 fully saturated rings. The molecule has 0 saturated heterocycles. The van der Waals surface area contributed by atoms with Gasteiger partial charge in [-0.05, 0) is 99.9 Å². The molecule has 2 aromatic rings. The number of hydrogen-bond donors (Lipinski definition) is 0. The van der Waals surface area contributed by atoms with E-state index in [9.17, 15) is 19.2 Å². The van der Waals surface area contributed by atoms with Gasteiger partial charge in [0.05, 0.1) is 37.4 Å². The lowest BCUT2D eigenvalue weighted by Gasteiger charge is -2.27. The van der Waals surface area contributed by atoms with Crippen molar-refractivity contribution in [1.29, 1.82) is 0 Å². The molecule has 0 radical (unpaired) electrons. The van der Waals surface area contributed by atoms with Gasteiger partial charge in [-0.15, -0.1) is 0 Å². The Bertz CT molecular complexity index is 1430. The van der Waals surface area contributed by atoms with Crippen molar-refractivity contribution in [3.63, 3.8) is 0 Å². The van der Waals surface area contributed by atoms with Crippen molar-refractivity contribution >= 4 is 23.9 Å². The number of hydrogen-bond acceptors (Lipinski definition) is 10. The highest BCUT2D eigenvalue weighted by molar-refractivity contribution is 5.91. The van der Waals surface area contributed by atoms with Gasteiger partial charge in [-0.25, -0.2) is 14.4 Å². The zero-order valence-electron chi connectivity index (χ0n) is 33.4. The van der Waals surface area contributed by atoms with Crippen LogP contribution >= 0.6 is 0 Å². The van der Waals surface area contributed by atoms with Crippen LogP contribution in [-0.4, -0.2) is 56.4 Å². The van der Waals surface area contributed by atoms with Crippen LogP contribution in [-0.2, 0) is 28.6 Å². The number of esters is 4. The SMILES string of the molecule is C=CC(=O)OCCCCCCCCCCOc1ccc(C(=O)Oc2ccc(OC(=O)C3CCC(OCCCCCCCCCCOC(=O)C=C)CC3)cc2)cc1. The Morgan fingerprint density at radius 3 is 1.39 bits per heavy atom. The molecular formula is C46H64O10. The van der Waals surface area contributed by atoms with Crippen LogP contribution in [0.25, 0.3) is 0 Å². The van der Waals surface area contributed by atoms with Gasteiger partial charge in [-0.2, -0.15) is 0 Å². The molecule has 0 N–H and O–H groups in total. The Morgan fingerprint density at radius 1 is 0.500 bits per heavy atom. The van der Waals surface area contributed by atoms with Gasteiger partial charge >= 0.3 is 23.9 Å². The molecule has 2 aromatic carbocycles. The maximum atomic E-state index is 12.8. The van der Waals surface area contributed by atoms with Crippen LogP contribution in [0.15, 0.2) is 73.8 Å². The molecule has 0 heterocycles. The molecule has 0 atom stereocenters. The minimum atomic E-state index is -0.480. The van der Waals surface area contributed by atoms with E-state index >= 15 is 0 Å². The summed E-state index contributed by atoms with van der Waals surface area (Å²) < 4.78 is 33.1. The molecule has 0 unspecified atom stereocenters. The van der Waals surface area contributed by atoms with Crippen LogP contribution in [0.2, 0.25) is 0 Å². The first-order valence-corrected chi connectivity index (χ1v) is 20.8. The van der Waals surface area contributed by atoms with E-state index in [1.54, 1.807) is 48.5 Å². The minimum absolute atomic E-state index is 0.149. The highest BCUT2D eigenvalue weighted by atomic mass is 16.5.